The minimum absolute atomic E-state index is 0.0566. The topological polar surface area (TPSA) is 18.5 Å². The van der Waals surface area contributed by atoms with Crippen LogP contribution in [0.2, 0.25) is 0 Å². The monoisotopic (exact) mass is 558 g/mol. The lowest BCUT2D eigenvalue weighted by Crippen LogP contribution is -2.28. The average Bonchev–Trinajstić information content (AvgIpc) is 2.77. The molecular weight excluding hydrogens is 507 g/mol. The van der Waals surface area contributed by atoms with Crippen LogP contribution < -0.4 is 14.4 Å². The second kappa shape index (κ2) is 10.2. The zero-order valence-electron chi connectivity index (χ0n) is 27.5. The molecule has 1 aliphatic rings. The summed E-state index contributed by atoms with van der Waals surface area (Å²) >= 11 is 0. The van der Waals surface area contributed by atoms with Crippen molar-refractivity contribution >= 4 is 13.7 Å². The molecule has 1 heterocycles. The highest BCUT2D eigenvalue weighted by Crippen LogP contribution is 2.52. The molecule has 0 saturated heterocycles. The Morgan fingerprint density at radius 3 is 1.70 bits per heavy atom. The molecule has 0 spiro atoms. The fourth-order valence-corrected chi connectivity index (χ4v) is 7.30. The van der Waals surface area contributed by atoms with Gasteiger partial charge < -0.3 is 9.05 Å². The van der Waals surface area contributed by atoms with Gasteiger partial charge in [-0.15, -0.1) is 0 Å². The van der Waals surface area contributed by atoms with Gasteiger partial charge in [0.15, 0.2) is 0 Å². The molecule has 0 saturated carbocycles. The predicted octanol–water partition coefficient (Wildman–Crippen LogP) is 10.5. The molecule has 0 bridgehead atoms. The van der Waals surface area contributed by atoms with Gasteiger partial charge in [-0.1, -0.05) is 125 Å². The fraction of sp³-hybridized carbons (Fsp3) is 0.514. The number of rotatable bonds is 1. The van der Waals surface area contributed by atoms with E-state index in [-0.39, 0.29) is 21.7 Å². The summed E-state index contributed by atoms with van der Waals surface area (Å²) in [7, 11) is -1.47. The number of fused-ring (bicyclic) bond motifs is 2. The molecule has 2 nitrogen and oxygen atoms in total. The van der Waals surface area contributed by atoms with Crippen LogP contribution in [-0.2, 0) is 28.1 Å². The Labute approximate surface area is 245 Å². The Hall–Kier alpha value is -2.31. The summed E-state index contributed by atoms with van der Waals surface area (Å²) in [6.45, 7) is 31.8. The molecule has 0 aliphatic carbocycles. The molecule has 1 atom stereocenters. The third-order valence-corrected chi connectivity index (χ3v) is 9.48. The van der Waals surface area contributed by atoms with Crippen molar-refractivity contribution in [1.82, 2.24) is 0 Å². The van der Waals surface area contributed by atoms with Gasteiger partial charge >= 0.3 is 8.38 Å². The van der Waals surface area contributed by atoms with Crippen LogP contribution in [0.5, 0.6) is 11.5 Å². The van der Waals surface area contributed by atoms with Gasteiger partial charge in [-0.25, -0.2) is 0 Å². The smallest absolute Gasteiger partial charge is 0.326 e. The summed E-state index contributed by atoms with van der Waals surface area (Å²) in [6, 6.07) is 16.1. The third kappa shape index (κ3) is 6.13. The lowest BCUT2D eigenvalue weighted by Gasteiger charge is -2.35. The quantitative estimate of drug-likeness (QED) is 0.277. The van der Waals surface area contributed by atoms with Crippen LogP contribution in [0, 0.1) is 13.8 Å². The maximum atomic E-state index is 7.22. The van der Waals surface area contributed by atoms with E-state index in [4.69, 9.17) is 9.05 Å². The van der Waals surface area contributed by atoms with Crippen molar-refractivity contribution < 1.29 is 9.05 Å². The van der Waals surface area contributed by atoms with Crippen LogP contribution in [-0.4, -0.2) is 0 Å². The zero-order chi connectivity index (χ0) is 30.0. The van der Waals surface area contributed by atoms with E-state index in [1.807, 2.05) is 0 Å². The van der Waals surface area contributed by atoms with Crippen LogP contribution in [0.1, 0.15) is 128 Å². The normalized spacial score (nSPS) is 16.3. The molecule has 0 aromatic heterocycles. The minimum atomic E-state index is -1.47. The van der Waals surface area contributed by atoms with Gasteiger partial charge in [-0.05, 0) is 63.8 Å². The van der Waals surface area contributed by atoms with Crippen molar-refractivity contribution in [1.29, 1.82) is 0 Å². The van der Waals surface area contributed by atoms with Gasteiger partial charge in [0, 0.05) is 23.1 Å². The van der Waals surface area contributed by atoms with Crippen molar-refractivity contribution in [3.63, 3.8) is 0 Å². The first-order chi connectivity index (χ1) is 18.2. The average molecular weight is 559 g/mol. The first-order valence-electron chi connectivity index (χ1n) is 14.8. The van der Waals surface area contributed by atoms with E-state index in [2.05, 4.69) is 139 Å². The molecule has 216 valence electrons. The van der Waals surface area contributed by atoms with Crippen LogP contribution in [0.4, 0.5) is 0 Å². The lowest BCUT2D eigenvalue weighted by atomic mass is 9.81. The second-order valence-electron chi connectivity index (χ2n) is 15.9. The van der Waals surface area contributed by atoms with Crippen LogP contribution in [0.3, 0.4) is 0 Å². The highest BCUT2D eigenvalue weighted by molar-refractivity contribution is 7.57. The van der Waals surface area contributed by atoms with Crippen molar-refractivity contribution in [3.8, 4) is 11.5 Å². The van der Waals surface area contributed by atoms with E-state index >= 15 is 0 Å². The van der Waals surface area contributed by atoms with Crippen LogP contribution >= 0.6 is 8.38 Å². The van der Waals surface area contributed by atoms with E-state index in [0.717, 1.165) is 23.2 Å². The highest BCUT2D eigenvalue weighted by atomic mass is 31.2. The molecule has 3 aromatic rings. The number of benzene rings is 3. The Balaban J connectivity index is 2.08. The third-order valence-electron chi connectivity index (χ3n) is 8.00. The number of hydrogen-bond acceptors (Lipinski definition) is 2. The largest absolute Gasteiger partial charge is 0.435 e. The summed E-state index contributed by atoms with van der Waals surface area (Å²) in [5, 5.41) is 1.16. The Morgan fingerprint density at radius 2 is 1.15 bits per heavy atom. The SMILES string of the molecule is Cc1cc2c(c(C(C)(C)C)c1)OP(c1ccc(C(C)(C)C)cc1C(C)(C)C)Oc1c(C(C)(C)C)ccc(C)c1C2. The molecule has 4 rings (SSSR count). The van der Waals surface area contributed by atoms with Crippen molar-refractivity contribution in [3.05, 3.63) is 87.0 Å². The zero-order valence-corrected chi connectivity index (χ0v) is 28.4. The summed E-state index contributed by atoms with van der Waals surface area (Å²) < 4.78 is 14.4. The molecule has 0 fully saturated rings. The standard InChI is InChI=1S/C37H51O2P/c1-23-19-25-21-27-24(2)15-17-28(35(6,7)8)33(27)39-40(38-32(25)30(20-23)37(12,13)14)31-18-16-26(34(3,4)5)22-29(31)36(9,10)11/h15-20,22H,21H2,1-14H3. The van der Waals surface area contributed by atoms with E-state index in [1.54, 1.807) is 0 Å². The molecule has 0 radical (unpaired) electrons. The van der Waals surface area contributed by atoms with E-state index in [1.165, 1.54) is 44.5 Å². The Kier molecular flexibility index (Phi) is 7.81. The van der Waals surface area contributed by atoms with E-state index in [9.17, 15) is 0 Å². The molecule has 40 heavy (non-hydrogen) atoms. The molecule has 3 aromatic carbocycles. The van der Waals surface area contributed by atoms with Crippen molar-refractivity contribution in [2.75, 3.05) is 0 Å². The molecular formula is C37H51O2P. The Morgan fingerprint density at radius 1 is 0.575 bits per heavy atom. The molecule has 1 unspecified atom stereocenters. The molecule has 0 N–H and O–H groups in total. The molecule has 0 amide bonds. The number of hydrogen-bond donors (Lipinski definition) is 0. The summed E-state index contributed by atoms with van der Waals surface area (Å²) in [4.78, 5) is 0. The minimum Gasteiger partial charge on any atom is -0.435 e. The first-order valence-corrected chi connectivity index (χ1v) is 15.9. The van der Waals surface area contributed by atoms with Gasteiger partial charge in [0.05, 0.1) is 5.30 Å². The van der Waals surface area contributed by atoms with Gasteiger partial charge in [0.1, 0.15) is 11.5 Å². The fourth-order valence-electron chi connectivity index (χ4n) is 5.52. The van der Waals surface area contributed by atoms with Gasteiger partial charge in [-0.2, -0.15) is 0 Å². The van der Waals surface area contributed by atoms with E-state index < -0.39 is 8.38 Å². The van der Waals surface area contributed by atoms with Gasteiger partial charge in [0.25, 0.3) is 0 Å². The second-order valence-corrected chi connectivity index (χ2v) is 17.2. The lowest BCUT2D eigenvalue weighted by molar-refractivity contribution is 0.455. The van der Waals surface area contributed by atoms with E-state index in [0.29, 0.717) is 0 Å². The predicted molar refractivity (Wildman–Crippen MR) is 174 cm³/mol. The maximum absolute atomic E-state index is 7.22. The molecule has 1 aliphatic heterocycles. The van der Waals surface area contributed by atoms with Gasteiger partial charge in [-0.3, -0.25) is 0 Å². The van der Waals surface area contributed by atoms with Crippen LogP contribution in [0.15, 0.2) is 42.5 Å². The summed E-state index contributed by atoms with van der Waals surface area (Å²) in [5.41, 5.74) is 10.0. The van der Waals surface area contributed by atoms with Crippen molar-refractivity contribution in [2.24, 2.45) is 0 Å². The van der Waals surface area contributed by atoms with Crippen molar-refractivity contribution in [2.45, 2.75) is 125 Å². The van der Waals surface area contributed by atoms with Gasteiger partial charge in [0.2, 0.25) is 0 Å². The molecule has 3 heteroatoms. The first kappa shape index (κ1) is 30.6. The highest BCUT2D eigenvalue weighted by Gasteiger charge is 2.36. The number of aryl methyl sites for hydroxylation is 2. The maximum Gasteiger partial charge on any atom is 0.326 e. The summed E-state index contributed by atoms with van der Waals surface area (Å²) in [6.07, 6.45) is 0.795. The summed E-state index contributed by atoms with van der Waals surface area (Å²) in [5.74, 6) is 2.00. The van der Waals surface area contributed by atoms with Crippen LogP contribution in [0.25, 0.3) is 0 Å². The Bertz CT molecular complexity index is 1420.